The van der Waals surface area contributed by atoms with Gasteiger partial charge in [0.15, 0.2) is 0 Å². The van der Waals surface area contributed by atoms with E-state index < -0.39 is 18.3 Å². The summed E-state index contributed by atoms with van der Waals surface area (Å²) in [6.07, 6.45) is -1.94. The number of methoxy groups -OCH3 is 1. The van der Waals surface area contributed by atoms with Gasteiger partial charge in [0.1, 0.15) is 19.0 Å². The van der Waals surface area contributed by atoms with Crippen molar-refractivity contribution in [2.24, 2.45) is 11.7 Å². The average Bonchev–Trinajstić information content (AvgIpc) is 2.39. The monoisotopic (exact) mass is 301 g/mol. The Kier molecular flexibility index (Phi) is 6.78. The van der Waals surface area contributed by atoms with Crippen molar-refractivity contribution in [1.29, 1.82) is 0 Å². The molecule has 0 aliphatic heterocycles. The lowest BCUT2D eigenvalue weighted by atomic mass is 9.95. The smallest absolute Gasteiger partial charge is 0.404 e. The molecule has 20 heavy (non-hydrogen) atoms. The largest absolute Gasteiger partial charge is 0.443 e. The van der Waals surface area contributed by atoms with E-state index in [1.807, 2.05) is 32.0 Å². The Morgan fingerprint density at radius 3 is 2.50 bits per heavy atom. The van der Waals surface area contributed by atoms with Crippen molar-refractivity contribution >= 4 is 17.7 Å². The van der Waals surface area contributed by atoms with Crippen molar-refractivity contribution in [2.75, 3.05) is 13.9 Å². The molecule has 6 heteroatoms. The van der Waals surface area contributed by atoms with Crippen LogP contribution >= 0.6 is 11.6 Å². The summed E-state index contributed by atoms with van der Waals surface area (Å²) in [6.45, 7) is 3.88. The van der Waals surface area contributed by atoms with Crippen LogP contribution in [0, 0.1) is 5.92 Å². The highest BCUT2D eigenvalue weighted by atomic mass is 35.5. The standard InChI is InChI=1S/C14H20ClNO4/c1-9(2)12(20-14(16)17)13(19-8-18-3)10-6-4-5-7-11(10)15/h4-7,9,12-13H,8H2,1-3H3,(H2,16,17)/t12-,13-/m1/s1. The van der Waals surface area contributed by atoms with Crippen molar-refractivity contribution in [1.82, 2.24) is 0 Å². The van der Waals surface area contributed by atoms with Crippen molar-refractivity contribution in [3.8, 4) is 0 Å². The highest BCUT2D eigenvalue weighted by Crippen LogP contribution is 2.32. The number of nitrogens with two attached hydrogens (primary N) is 1. The van der Waals surface area contributed by atoms with E-state index in [1.54, 1.807) is 6.07 Å². The quantitative estimate of drug-likeness (QED) is 0.785. The molecule has 112 valence electrons. The molecule has 0 saturated carbocycles. The summed E-state index contributed by atoms with van der Waals surface area (Å²) in [5.74, 6) is 0.000582. The zero-order valence-electron chi connectivity index (χ0n) is 11.8. The zero-order valence-corrected chi connectivity index (χ0v) is 12.6. The van der Waals surface area contributed by atoms with Crippen LogP contribution in [0.5, 0.6) is 0 Å². The SMILES string of the molecule is COCO[C@H](c1ccccc1Cl)[C@H](OC(N)=O)C(C)C. The van der Waals surface area contributed by atoms with Crippen molar-refractivity contribution in [2.45, 2.75) is 26.1 Å². The molecule has 0 aliphatic rings. The van der Waals surface area contributed by atoms with Crippen molar-refractivity contribution in [3.63, 3.8) is 0 Å². The topological polar surface area (TPSA) is 70.8 Å². The van der Waals surface area contributed by atoms with Gasteiger partial charge in [-0.25, -0.2) is 4.79 Å². The number of benzene rings is 1. The normalized spacial score (nSPS) is 14.1. The summed E-state index contributed by atoms with van der Waals surface area (Å²) in [5, 5.41) is 0.535. The van der Waals surface area contributed by atoms with Crippen LogP contribution < -0.4 is 5.73 Å². The first kappa shape index (κ1) is 16.8. The zero-order chi connectivity index (χ0) is 15.1. The summed E-state index contributed by atoms with van der Waals surface area (Å²) in [4.78, 5) is 11.1. The van der Waals surface area contributed by atoms with Gasteiger partial charge in [-0.05, 0) is 12.0 Å². The van der Waals surface area contributed by atoms with Gasteiger partial charge in [0.05, 0.1) is 0 Å². The van der Waals surface area contributed by atoms with Gasteiger partial charge >= 0.3 is 6.09 Å². The van der Waals surface area contributed by atoms with Crippen LogP contribution in [0.25, 0.3) is 0 Å². The highest BCUT2D eigenvalue weighted by molar-refractivity contribution is 6.31. The Morgan fingerprint density at radius 1 is 1.35 bits per heavy atom. The summed E-state index contributed by atoms with van der Waals surface area (Å²) in [7, 11) is 1.52. The van der Waals surface area contributed by atoms with E-state index in [9.17, 15) is 4.79 Å². The Hall–Kier alpha value is -1.30. The fourth-order valence-corrected chi connectivity index (χ4v) is 2.13. The maximum absolute atomic E-state index is 11.1. The third-order valence-corrected chi connectivity index (χ3v) is 3.13. The predicted molar refractivity (Wildman–Crippen MR) is 76.4 cm³/mol. The number of halogens is 1. The van der Waals surface area contributed by atoms with Gasteiger partial charge in [-0.3, -0.25) is 0 Å². The first-order valence-corrected chi connectivity index (χ1v) is 6.66. The molecule has 0 spiro atoms. The van der Waals surface area contributed by atoms with Crippen LogP contribution in [0.1, 0.15) is 25.5 Å². The number of hydrogen-bond donors (Lipinski definition) is 1. The van der Waals surface area contributed by atoms with Gasteiger partial charge in [-0.15, -0.1) is 0 Å². The molecule has 1 aromatic rings. The number of amides is 1. The van der Waals surface area contributed by atoms with E-state index in [1.165, 1.54) is 7.11 Å². The predicted octanol–water partition coefficient (Wildman–Crippen LogP) is 3.12. The summed E-state index contributed by atoms with van der Waals surface area (Å²) in [6, 6.07) is 7.23. The number of carbonyl (C=O) groups excluding carboxylic acids is 1. The number of ether oxygens (including phenoxy) is 3. The molecule has 1 aromatic carbocycles. The highest BCUT2D eigenvalue weighted by Gasteiger charge is 2.31. The number of rotatable bonds is 7. The number of carbonyl (C=O) groups is 1. The molecule has 1 amide bonds. The molecular weight excluding hydrogens is 282 g/mol. The summed E-state index contributed by atoms with van der Waals surface area (Å²) in [5.41, 5.74) is 5.86. The average molecular weight is 302 g/mol. The molecule has 0 saturated heterocycles. The molecule has 5 nitrogen and oxygen atoms in total. The summed E-state index contributed by atoms with van der Waals surface area (Å²) < 4.78 is 15.8. The van der Waals surface area contributed by atoms with Crippen LogP contribution in [-0.4, -0.2) is 26.1 Å². The fourth-order valence-electron chi connectivity index (χ4n) is 1.89. The second kappa shape index (κ2) is 8.09. The van der Waals surface area contributed by atoms with Crippen LogP contribution in [0.3, 0.4) is 0 Å². The molecule has 0 aromatic heterocycles. The molecule has 0 aliphatic carbocycles. The van der Waals surface area contributed by atoms with E-state index in [-0.39, 0.29) is 12.7 Å². The van der Waals surface area contributed by atoms with E-state index >= 15 is 0 Å². The Morgan fingerprint density at radius 2 is 2.00 bits per heavy atom. The third kappa shape index (κ3) is 4.67. The second-order valence-electron chi connectivity index (χ2n) is 4.66. The molecule has 0 heterocycles. The molecular formula is C14H20ClNO4. The first-order chi connectivity index (χ1) is 9.47. The first-order valence-electron chi connectivity index (χ1n) is 6.28. The molecule has 2 N–H and O–H groups in total. The lowest BCUT2D eigenvalue weighted by molar-refractivity contribution is -0.124. The minimum Gasteiger partial charge on any atom is -0.443 e. The molecule has 0 fully saturated rings. The Bertz CT molecular complexity index is 439. The third-order valence-electron chi connectivity index (χ3n) is 2.78. The minimum absolute atomic E-state index is 0.000582. The lowest BCUT2D eigenvalue weighted by Crippen LogP contribution is -2.34. The minimum atomic E-state index is -0.846. The Balaban J connectivity index is 3.08. The molecule has 1 rings (SSSR count). The number of hydrogen-bond acceptors (Lipinski definition) is 4. The van der Waals surface area contributed by atoms with Gasteiger partial charge in [-0.1, -0.05) is 43.6 Å². The lowest BCUT2D eigenvalue weighted by Gasteiger charge is -2.30. The van der Waals surface area contributed by atoms with Gasteiger partial charge in [0, 0.05) is 17.7 Å². The maximum Gasteiger partial charge on any atom is 0.404 e. The second-order valence-corrected chi connectivity index (χ2v) is 5.07. The molecule has 0 bridgehead atoms. The van der Waals surface area contributed by atoms with E-state index in [0.29, 0.717) is 5.02 Å². The van der Waals surface area contributed by atoms with E-state index in [0.717, 1.165) is 5.56 Å². The van der Waals surface area contributed by atoms with Crippen LogP contribution in [0.15, 0.2) is 24.3 Å². The molecule has 0 unspecified atom stereocenters. The van der Waals surface area contributed by atoms with Crippen molar-refractivity contribution in [3.05, 3.63) is 34.9 Å². The van der Waals surface area contributed by atoms with Gasteiger partial charge < -0.3 is 19.9 Å². The maximum atomic E-state index is 11.1. The fraction of sp³-hybridized carbons (Fsp3) is 0.500. The van der Waals surface area contributed by atoms with Crippen molar-refractivity contribution < 1.29 is 19.0 Å². The number of primary amides is 1. The van der Waals surface area contributed by atoms with Crippen LogP contribution in [0.2, 0.25) is 5.02 Å². The van der Waals surface area contributed by atoms with Crippen LogP contribution in [-0.2, 0) is 14.2 Å². The molecule has 0 radical (unpaired) electrons. The van der Waals surface area contributed by atoms with Gasteiger partial charge in [0.25, 0.3) is 0 Å². The molecule has 2 atom stereocenters. The Labute approximate surface area is 123 Å². The van der Waals surface area contributed by atoms with Gasteiger partial charge in [0.2, 0.25) is 0 Å². The van der Waals surface area contributed by atoms with E-state index in [2.05, 4.69) is 0 Å². The van der Waals surface area contributed by atoms with Gasteiger partial charge in [-0.2, -0.15) is 0 Å². The summed E-state index contributed by atoms with van der Waals surface area (Å²) >= 11 is 6.19. The van der Waals surface area contributed by atoms with E-state index in [4.69, 9.17) is 31.5 Å². The van der Waals surface area contributed by atoms with Crippen LogP contribution in [0.4, 0.5) is 4.79 Å².